The summed E-state index contributed by atoms with van der Waals surface area (Å²) in [5.74, 6) is 1.05. The largest absolute Gasteiger partial charge is 0.339 e. The first-order valence-corrected chi connectivity index (χ1v) is 6.48. The summed E-state index contributed by atoms with van der Waals surface area (Å²) in [7, 11) is 0. The second kappa shape index (κ2) is 4.74. The Bertz CT molecular complexity index is 576. The van der Waals surface area contributed by atoms with Crippen molar-refractivity contribution in [2.24, 2.45) is 0 Å². The minimum absolute atomic E-state index is 0.246. The fraction of sp³-hybridized carbons (Fsp3) is 0.429. The molecule has 1 aromatic carbocycles. The van der Waals surface area contributed by atoms with Crippen molar-refractivity contribution in [3.63, 3.8) is 0 Å². The number of hydrogen-bond acceptors (Lipinski definition) is 4. The number of rotatable bonds is 2. The summed E-state index contributed by atoms with van der Waals surface area (Å²) < 4.78 is 18.7. The quantitative estimate of drug-likeness (QED) is 0.903. The van der Waals surface area contributed by atoms with Crippen LogP contribution in [0, 0.1) is 12.7 Å². The lowest BCUT2D eigenvalue weighted by atomic mass is 10.0. The minimum Gasteiger partial charge on any atom is -0.339 e. The topological polar surface area (TPSA) is 51.0 Å². The van der Waals surface area contributed by atoms with Gasteiger partial charge < -0.3 is 9.84 Å². The van der Waals surface area contributed by atoms with Crippen LogP contribution in [0.25, 0.3) is 11.4 Å². The third-order valence-electron chi connectivity index (χ3n) is 3.58. The molecule has 2 unspecified atom stereocenters. The zero-order valence-corrected chi connectivity index (χ0v) is 11.0. The molecular weight excluding hydrogens is 245 g/mol. The number of halogens is 1. The number of aryl methyl sites for hydroxylation is 1. The first-order valence-electron chi connectivity index (χ1n) is 6.48. The van der Waals surface area contributed by atoms with Crippen LogP contribution in [0.2, 0.25) is 0 Å². The Kier molecular flexibility index (Phi) is 3.06. The number of hydrogen-bond donors (Lipinski definition) is 1. The SMILES string of the molecule is Cc1cc(F)cc(-c2noc(C3CCNC3C)n2)c1. The Balaban J connectivity index is 1.92. The smallest absolute Gasteiger partial charge is 0.231 e. The molecule has 100 valence electrons. The highest BCUT2D eigenvalue weighted by atomic mass is 19.1. The molecule has 1 saturated heterocycles. The maximum atomic E-state index is 13.4. The van der Waals surface area contributed by atoms with E-state index in [9.17, 15) is 4.39 Å². The molecule has 0 bridgehead atoms. The van der Waals surface area contributed by atoms with Crippen LogP contribution < -0.4 is 5.32 Å². The van der Waals surface area contributed by atoms with Gasteiger partial charge in [0.1, 0.15) is 5.82 Å². The predicted octanol–water partition coefficient (Wildman–Crippen LogP) is 2.65. The Morgan fingerprint density at radius 2 is 2.21 bits per heavy atom. The third-order valence-corrected chi connectivity index (χ3v) is 3.58. The van der Waals surface area contributed by atoms with Crippen molar-refractivity contribution < 1.29 is 8.91 Å². The van der Waals surface area contributed by atoms with Crippen molar-refractivity contribution in [3.05, 3.63) is 35.5 Å². The van der Waals surface area contributed by atoms with Crippen LogP contribution in [-0.2, 0) is 0 Å². The van der Waals surface area contributed by atoms with E-state index < -0.39 is 0 Å². The minimum atomic E-state index is -0.280. The van der Waals surface area contributed by atoms with Crippen LogP contribution in [0.15, 0.2) is 22.7 Å². The van der Waals surface area contributed by atoms with Crippen LogP contribution in [0.1, 0.15) is 30.7 Å². The molecule has 4 nitrogen and oxygen atoms in total. The molecular formula is C14H16FN3O. The van der Waals surface area contributed by atoms with Gasteiger partial charge in [-0.05, 0) is 50.6 Å². The summed E-state index contributed by atoms with van der Waals surface area (Å²) in [6.45, 7) is 4.91. The van der Waals surface area contributed by atoms with Crippen LogP contribution in [0.4, 0.5) is 4.39 Å². The average Bonchev–Trinajstić information content (AvgIpc) is 2.95. The van der Waals surface area contributed by atoms with E-state index in [2.05, 4.69) is 22.4 Å². The lowest BCUT2D eigenvalue weighted by Crippen LogP contribution is -2.21. The van der Waals surface area contributed by atoms with E-state index in [0.717, 1.165) is 18.5 Å². The standard InChI is InChI=1S/C14H16FN3O/c1-8-5-10(7-11(15)6-8)13-17-14(19-18-13)12-3-4-16-9(12)2/h5-7,9,12,16H,3-4H2,1-2H3. The molecule has 19 heavy (non-hydrogen) atoms. The van der Waals surface area contributed by atoms with E-state index in [1.165, 1.54) is 12.1 Å². The number of nitrogens with one attached hydrogen (secondary N) is 1. The van der Waals surface area contributed by atoms with Crippen LogP contribution >= 0.6 is 0 Å². The van der Waals surface area contributed by atoms with Gasteiger partial charge in [0.2, 0.25) is 11.7 Å². The number of benzene rings is 1. The number of nitrogens with zero attached hydrogens (tertiary/aromatic N) is 2. The fourth-order valence-electron chi connectivity index (χ4n) is 2.56. The molecule has 1 aromatic heterocycles. The van der Waals surface area contributed by atoms with Gasteiger partial charge in [-0.3, -0.25) is 0 Å². The van der Waals surface area contributed by atoms with Gasteiger partial charge >= 0.3 is 0 Å². The Morgan fingerprint density at radius 3 is 2.89 bits per heavy atom. The van der Waals surface area contributed by atoms with Crippen molar-refractivity contribution in [3.8, 4) is 11.4 Å². The summed E-state index contributed by atoms with van der Waals surface area (Å²) in [6, 6.07) is 5.10. The van der Waals surface area contributed by atoms with Gasteiger partial charge in [-0.15, -0.1) is 0 Å². The molecule has 2 atom stereocenters. The second-order valence-electron chi connectivity index (χ2n) is 5.11. The molecule has 1 aliphatic heterocycles. The zero-order chi connectivity index (χ0) is 13.4. The molecule has 1 N–H and O–H groups in total. The van der Waals surface area contributed by atoms with Gasteiger partial charge in [-0.1, -0.05) is 5.16 Å². The van der Waals surface area contributed by atoms with Gasteiger partial charge in [-0.2, -0.15) is 4.98 Å². The highest BCUT2D eigenvalue weighted by Gasteiger charge is 2.29. The summed E-state index contributed by atoms with van der Waals surface area (Å²) >= 11 is 0. The third kappa shape index (κ3) is 2.38. The normalized spacial score (nSPS) is 22.9. The summed E-state index contributed by atoms with van der Waals surface area (Å²) in [5.41, 5.74) is 1.50. The Morgan fingerprint density at radius 1 is 1.37 bits per heavy atom. The van der Waals surface area contributed by atoms with Gasteiger partial charge in [0.25, 0.3) is 0 Å². The molecule has 0 spiro atoms. The molecule has 1 fully saturated rings. The van der Waals surface area contributed by atoms with Crippen LogP contribution in [0.5, 0.6) is 0 Å². The molecule has 1 aliphatic rings. The van der Waals surface area contributed by atoms with Crippen molar-refractivity contribution in [1.82, 2.24) is 15.5 Å². The van der Waals surface area contributed by atoms with Crippen molar-refractivity contribution in [2.75, 3.05) is 6.54 Å². The van der Waals surface area contributed by atoms with Crippen molar-refractivity contribution >= 4 is 0 Å². The number of aromatic nitrogens is 2. The van der Waals surface area contributed by atoms with E-state index in [0.29, 0.717) is 23.3 Å². The maximum Gasteiger partial charge on any atom is 0.231 e. The van der Waals surface area contributed by atoms with Gasteiger partial charge in [0.15, 0.2) is 0 Å². The average molecular weight is 261 g/mol. The van der Waals surface area contributed by atoms with E-state index in [4.69, 9.17) is 4.52 Å². The van der Waals surface area contributed by atoms with Crippen molar-refractivity contribution in [2.45, 2.75) is 32.2 Å². The first kappa shape index (κ1) is 12.3. The van der Waals surface area contributed by atoms with Crippen molar-refractivity contribution in [1.29, 1.82) is 0 Å². The fourth-order valence-corrected chi connectivity index (χ4v) is 2.56. The van der Waals surface area contributed by atoms with Crippen LogP contribution in [0.3, 0.4) is 0 Å². The van der Waals surface area contributed by atoms with E-state index in [1.807, 2.05) is 13.0 Å². The van der Waals surface area contributed by atoms with Gasteiger partial charge in [0.05, 0.1) is 5.92 Å². The molecule has 0 saturated carbocycles. The monoisotopic (exact) mass is 261 g/mol. The molecule has 0 radical (unpaired) electrons. The first-order chi connectivity index (χ1) is 9.13. The molecule has 5 heteroatoms. The lowest BCUT2D eigenvalue weighted by molar-refractivity contribution is 0.345. The highest BCUT2D eigenvalue weighted by molar-refractivity contribution is 5.55. The van der Waals surface area contributed by atoms with E-state index in [-0.39, 0.29) is 11.7 Å². The second-order valence-corrected chi connectivity index (χ2v) is 5.11. The maximum absolute atomic E-state index is 13.4. The Labute approximate surface area is 111 Å². The zero-order valence-electron chi connectivity index (χ0n) is 11.0. The van der Waals surface area contributed by atoms with E-state index >= 15 is 0 Å². The molecule has 3 rings (SSSR count). The Hall–Kier alpha value is -1.75. The van der Waals surface area contributed by atoms with Gasteiger partial charge in [-0.25, -0.2) is 4.39 Å². The lowest BCUT2D eigenvalue weighted by Gasteiger charge is -2.08. The summed E-state index contributed by atoms with van der Waals surface area (Å²) in [5, 5.41) is 7.31. The summed E-state index contributed by atoms with van der Waals surface area (Å²) in [4.78, 5) is 4.41. The molecule has 2 heterocycles. The highest BCUT2D eigenvalue weighted by Crippen LogP contribution is 2.28. The summed E-state index contributed by atoms with van der Waals surface area (Å²) in [6.07, 6.45) is 0.991. The van der Waals surface area contributed by atoms with Gasteiger partial charge in [0, 0.05) is 11.6 Å². The molecule has 2 aromatic rings. The van der Waals surface area contributed by atoms with Crippen LogP contribution in [-0.4, -0.2) is 22.7 Å². The molecule has 0 aliphatic carbocycles. The molecule has 0 amide bonds. The van der Waals surface area contributed by atoms with E-state index in [1.54, 1.807) is 0 Å². The predicted molar refractivity (Wildman–Crippen MR) is 69.3 cm³/mol.